The smallest absolute Gasteiger partial charge is 0.227 e. The predicted molar refractivity (Wildman–Crippen MR) is 44.5 cm³/mol. The zero-order valence-corrected chi connectivity index (χ0v) is 7.22. The number of aliphatic imine (C=N–C) groups is 1. The van der Waals surface area contributed by atoms with E-state index in [0.29, 0.717) is 12.3 Å². The molecule has 1 atom stereocenters. The molecule has 11 heavy (non-hydrogen) atoms. The Morgan fingerprint density at radius 1 is 1.64 bits per heavy atom. The van der Waals surface area contributed by atoms with Gasteiger partial charge in [0.2, 0.25) is 5.91 Å². The summed E-state index contributed by atoms with van der Waals surface area (Å²) in [6.07, 6.45) is 0.524. The topological polar surface area (TPSA) is 41.5 Å². The van der Waals surface area contributed by atoms with Crippen molar-refractivity contribution in [3.8, 4) is 0 Å². The van der Waals surface area contributed by atoms with Crippen molar-refractivity contribution >= 4 is 11.7 Å². The van der Waals surface area contributed by atoms with E-state index in [1.807, 2.05) is 20.8 Å². The second-order valence-corrected chi connectivity index (χ2v) is 3.27. The average molecular weight is 154 g/mol. The Morgan fingerprint density at radius 2 is 2.27 bits per heavy atom. The summed E-state index contributed by atoms with van der Waals surface area (Å²) in [5.74, 6) is 1.24. The number of hydrogen-bond acceptors (Lipinski definition) is 2. The van der Waals surface area contributed by atoms with E-state index in [4.69, 9.17) is 0 Å². The molecule has 1 N–H and O–H groups in total. The van der Waals surface area contributed by atoms with Gasteiger partial charge in [-0.15, -0.1) is 0 Å². The molecule has 0 radical (unpaired) electrons. The van der Waals surface area contributed by atoms with E-state index in [9.17, 15) is 4.79 Å². The van der Waals surface area contributed by atoms with Crippen LogP contribution in [0.25, 0.3) is 0 Å². The Balaban J connectivity index is 2.72. The minimum atomic E-state index is 0.0937. The zero-order chi connectivity index (χ0) is 8.43. The van der Waals surface area contributed by atoms with E-state index < -0.39 is 0 Å². The van der Waals surface area contributed by atoms with Crippen LogP contribution in [0.1, 0.15) is 27.2 Å². The quantitative estimate of drug-likeness (QED) is 0.600. The summed E-state index contributed by atoms with van der Waals surface area (Å²) in [5.41, 5.74) is 0. The molecule has 0 aromatic rings. The van der Waals surface area contributed by atoms with Gasteiger partial charge in [-0.05, 0) is 6.92 Å². The molecule has 0 fully saturated rings. The van der Waals surface area contributed by atoms with Crippen molar-refractivity contribution in [3.63, 3.8) is 0 Å². The molecule has 1 heterocycles. The minimum Gasteiger partial charge on any atom is -0.314 e. The van der Waals surface area contributed by atoms with Gasteiger partial charge in [0.05, 0.1) is 6.04 Å². The van der Waals surface area contributed by atoms with Gasteiger partial charge in [0, 0.05) is 12.3 Å². The molecule has 1 unspecified atom stereocenters. The summed E-state index contributed by atoms with van der Waals surface area (Å²) in [6, 6.07) is 0.154. The third kappa shape index (κ3) is 2.03. The largest absolute Gasteiger partial charge is 0.314 e. The number of carbonyl (C=O) groups is 1. The maximum Gasteiger partial charge on any atom is 0.227 e. The van der Waals surface area contributed by atoms with Crippen LogP contribution in [-0.2, 0) is 4.79 Å². The van der Waals surface area contributed by atoms with E-state index in [1.165, 1.54) is 0 Å². The van der Waals surface area contributed by atoms with E-state index in [-0.39, 0.29) is 11.9 Å². The minimum absolute atomic E-state index is 0.0937. The second-order valence-electron chi connectivity index (χ2n) is 3.27. The van der Waals surface area contributed by atoms with E-state index in [2.05, 4.69) is 10.3 Å². The van der Waals surface area contributed by atoms with Crippen LogP contribution in [0.4, 0.5) is 0 Å². The number of hydrogen-bond donors (Lipinski definition) is 1. The first-order valence-corrected chi connectivity index (χ1v) is 3.97. The third-order valence-corrected chi connectivity index (χ3v) is 1.65. The standard InChI is InChI=1S/C8H14N2O/c1-5(2)8-9-6(3)4-7(11)10-8/h5-6H,4H2,1-3H3,(H,9,10,11). The van der Waals surface area contributed by atoms with E-state index >= 15 is 0 Å². The lowest BCUT2D eigenvalue weighted by Crippen LogP contribution is -2.40. The summed E-state index contributed by atoms with van der Waals surface area (Å²) in [5, 5.41) is 2.76. The van der Waals surface area contributed by atoms with Crippen LogP contribution in [0.3, 0.4) is 0 Å². The molecule has 62 valence electrons. The van der Waals surface area contributed by atoms with Crippen molar-refractivity contribution < 1.29 is 4.79 Å². The highest BCUT2D eigenvalue weighted by molar-refractivity contribution is 6.01. The molecule has 3 heteroatoms. The van der Waals surface area contributed by atoms with Crippen molar-refractivity contribution in [2.45, 2.75) is 33.2 Å². The van der Waals surface area contributed by atoms with Crippen LogP contribution in [0.2, 0.25) is 0 Å². The van der Waals surface area contributed by atoms with Crippen molar-refractivity contribution in [1.29, 1.82) is 0 Å². The lowest BCUT2D eigenvalue weighted by molar-refractivity contribution is -0.120. The van der Waals surface area contributed by atoms with Gasteiger partial charge in [-0.25, -0.2) is 0 Å². The van der Waals surface area contributed by atoms with Gasteiger partial charge in [0.1, 0.15) is 5.84 Å². The number of amidine groups is 1. The van der Waals surface area contributed by atoms with Crippen molar-refractivity contribution in [1.82, 2.24) is 5.32 Å². The predicted octanol–water partition coefficient (Wildman–Crippen LogP) is 0.949. The Kier molecular flexibility index (Phi) is 2.27. The average Bonchev–Trinajstić information content (AvgIpc) is 1.85. The fourth-order valence-electron chi connectivity index (χ4n) is 1.07. The molecule has 0 bridgehead atoms. The Labute approximate surface area is 66.9 Å². The van der Waals surface area contributed by atoms with Crippen LogP contribution in [0.15, 0.2) is 4.99 Å². The van der Waals surface area contributed by atoms with Crippen LogP contribution >= 0.6 is 0 Å². The third-order valence-electron chi connectivity index (χ3n) is 1.65. The Hall–Kier alpha value is -0.860. The fraction of sp³-hybridized carbons (Fsp3) is 0.750. The van der Waals surface area contributed by atoms with Crippen LogP contribution in [0.5, 0.6) is 0 Å². The number of rotatable bonds is 1. The molecule has 0 aliphatic carbocycles. The fourth-order valence-corrected chi connectivity index (χ4v) is 1.07. The van der Waals surface area contributed by atoms with Crippen molar-refractivity contribution in [2.24, 2.45) is 10.9 Å². The van der Waals surface area contributed by atoms with Gasteiger partial charge in [0.15, 0.2) is 0 Å². The summed E-state index contributed by atoms with van der Waals surface area (Å²) < 4.78 is 0. The highest BCUT2D eigenvalue weighted by Crippen LogP contribution is 2.06. The summed E-state index contributed by atoms with van der Waals surface area (Å²) in [6.45, 7) is 6.01. The molecule has 0 spiro atoms. The maximum atomic E-state index is 11.0. The van der Waals surface area contributed by atoms with Gasteiger partial charge in [0.25, 0.3) is 0 Å². The summed E-state index contributed by atoms with van der Waals surface area (Å²) in [4.78, 5) is 15.3. The van der Waals surface area contributed by atoms with Gasteiger partial charge in [-0.1, -0.05) is 13.8 Å². The molecule has 1 rings (SSSR count). The van der Waals surface area contributed by atoms with Crippen LogP contribution in [0, 0.1) is 5.92 Å². The molecule has 0 aromatic carbocycles. The zero-order valence-electron chi connectivity index (χ0n) is 7.22. The van der Waals surface area contributed by atoms with E-state index in [0.717, 1.165) is 5.84 Å². The first-order chi connectivity index (χ1) is 5.09. The highest BCUT2D eigenvalue weighted by Gasteiger charge is 2.18. The highest BCUT2D eigenvalue weighted by atomic mass is 16.1. The molecule has 0 aromatic heterocycles. The van der Waals surface area contributed by atoms with Gasteiger partial charge in [-0.3, -0.25) is 9.79 Å². The van der Waals surface area contributed by atoms with Crippen LogP contribution in [-0.4, -0.2) is 17.8 Å². The second kappa shape index (κ2) is 3.03. The van der Waals surface area contributed by atoms with Gasteiger partial charge < -0.3 is 5.32 Å². The first kappa shape index (κ1) is 8.24. The number of amides is 1. The SMILES string of the molecule is CC1CC(=O)NC(C(C)C)=N1. The normalized spacial score (nSPS) is 24.9. The summed E-state index contributed by atoms with van der Waals surface area (Å²) in [7, 11) is 0. The molecule has 1 amide bonds. The van der Waals surface area contributed by atoms with Crippen molar-refractivity contribution in [3.05, 3.63) is 0 Å². The molecule has 0 saturated carbocycles. The Bertz CT molecular complexity index is 196. The number of nitrogens with one attached hydrogen (secondary N) is 1. The van der Waals surface area contributed by atoms with Crippen LogP contribution < -0.4 is 5.32 Å². The molecule has 1 aliphatic rings. The monoisotopic (exact) mass is 154 g/mol. The van der Waals surface area contributed by atoms with E-state index in [1.54, 1.807) is 0 Å². The molecule has 0 saturated heterocycles. The number of nitrogens with zero attached hydrogens (tertiary/aromatic N) is 1. The molecule has 1 aliphatic heterocycles. The Morgan fingerprint density at radius 3 is 2.73 bits per heavy atom. The maximum absolute atomic E-state index is 11.0. The molecular formula is C8H14N2O. The molecular weight excluding hydrogens is 140 g/mol. The number of carbonyl (C=O) groups excluding carboxylic acids is 1. The molecule has 3 nitrogen and oxygen atoms in total. The lowest BCUT2D eigenvalue weighted by Gasteiger charge is -2.19. The lowest BCUT2D eigenvalue weighted by atomic mass is 10.1. The first-order valence-electron chi connectivity index (χ1n) is 3.97. The van der Waals surface area contributed by atoms with Gasteiger partial charge >= 0.3 is 0 Å². The van der Waals surface area contributed by atoms with Gasteiger partial charge in [-0.2, -0.15) is 0 Å². The van der Waals surface area contributed by atoms with Crippen molar-refractivity contribution in [2.75, 3.05) is 0 Å². The summed E-state index contributed by atoms with van der Waals surface area (Å²) >= 11 is 0.